The molecule has 502 valence electrons. The lowest BCUT2D eigenvalue weighted by molar-refractivity contribution is -0.149. The quantitative estimate of drug-likeness (QED) is 0.0190. The molecule has 6 rings (SSSR count). The van der Waals surface area contributed by atoms with E-state index in [2.05, 4.69) is 153 Å². The van der Waals surface area contributed by atoms with Gasteiger partial charge in [0.25, 0.3) is 0 Å². The van der Waals surface area contributed by atoms with E-state index in [0.717, 1.165) is 24.9 Å². The summed E-state index contributed by atoms with van der Waals surface area (Å²) < 4.78 is 20.3. The maximum Gasteiger partial charge on any atom is 0.333 e. The van der Waals surface area contributed by atoms with Gasteiger partial charge in [-0.3, -0.25) is 4.79 Å². The molecule has 2 heterocycles. The summed E-state index contributed by atoms with van der Waals surface area (Å²) in [6.07, 6.45) is 45.9. The zero-order valence-corrected chi connectivity index (χ0v) is 59.0. The van der Waals surface area contributed by atoms with Gasteiger partial charge in [0.15, 0.2) is 0 Å². The number of esters is 2. The van der Waals surface area contributed by atoms with E-state index in [9.17, 15) is 9.59 Å². The van der Waals surface area contributed by atoms with Crippen LogP contribution in [0.4, 0.5) is 0 Å². The summed E-state index contributed by atoms with van der Waals surface area (Å²) >= 11 is 0. The van der Waals surface area contributed by atoms with Gasteiger partial charge in [0.2, 0.25) is 0 Å². The minimum atomic E-state index is -0.337. The molecule has 6 nitrogen and oxygen atoms in total. The molecule has 7 atom stereocenters. The van der Waals surface area contributed by atoms with Crippen LogP contribution in [0.5, 0.6) is 0 Å². The molecule has 0 N–H and O–H groups in total. The lowest BCUT2D eigenvalue weighted by atomic mass is 9.74. The first-order valence-electron chi connectivity index (χ1n) is 36.5. The Balaban J connectivity index is 0.000000558. The number of ether oxygens (including phenoxy) is 4. The molecule has 6 heteroatoms. The minimum absolute atomic E-state index is 0.0845. The molecule has 89 heavy (non-hydrogen) atoms. The minimum Gasteiger partial charge on any atom is -0.463 e. The monoisotopic (exact) mass is 1230 g/mol. The Morgan fingerprint density at radius 2 is 0.809 bits per heavy atom. The average Bonchev–Trinajstić information content (AvgIpc) is 3.86. The van der Waals surface area contributed by atoms with Gasteiger partial charge in [0.05, 0.1) is 19.1 Å². The lowest BCUT2D eigenvalue weighted by Crippen LogP contribution is -2.28. The van der Waals surface area contributed by atoms with Crippen LogP contribution in [0.15, 0.2) is 140 Å². The van der Waals surface area contributed by atoms with Gasteiger partial charge in [0.1, 0.15) is 25.4 Å². The van der Waals surface area contributed by atoms with Crippen molar-refractivity contribution in [2.45, 2.75) is 293 Å². The van der Waals surface area contributed by atoms with Crippen molar-refractivity contribution in [3.63, 3.8) is 0 Å². The largest absolute Gasteiger partial charge is 0.463 e. The number of carbonyl (C=O) groups is 2. The predicted octanol–water partition coefficient (Wildman–Crippen LogP) is 24.3. The van der Waals surface area contributed by atoms with Crippen molar-refractivity contribution < 1.29 is 28.5 Å². The van der Waals surface area contributed by atoms with Gasteiger partial charge >= 0.3 is 11.9 Å². The molecule has 2 aliphatic rings. The van der Waals surface area contributed by atoms with E-state index >= 15 is 0 Å². The summed E-state index contributed by atoms with van der Waals surface area (Å²) in [5, 5.41) is 0. The fourth-order valence-corrected chi connectivity index (χ4v) is 11.2. The van der Waals surface area contributed by atoms with Gasteiger partial charge in [-0.25, -0.2) is 4.79 Å². The number of epoxide rings is 2. The highest BCUT2D eigenvalue weighted by atomic mass is 16.6. The molecule has 2 aliphatic heterocycles. The molecule has 0 bridgehead atoms. The molecule has 7 unspecified atom stereocenters. The van der Waals surface area contributed by atoms with Gasteiger partial charge in [-0.15, -0.1) is 0 Å². The van der Waals surface area contributed by atoms with Crippen molar-refractivity contribution in [1.82, 2.24) is 0 Å². The molecule has 2 fully saturated rings. The third-order valence-electron chi connectivity index (χ3n) is 17.3. The van der Waals surface area contributed by atoms with Crippen molar-refractivity contribution in [1.29, 1.82) is 0 Å². The highest BCUT2D eigenvalue weighted by molar-refractivity contribution is 5.86. The molecular formula is C83H134O6. The van der Waals surface area contributed by atoms with Crippen LogP contribution in [0, 0.1) is 23.7 Å². The summed E-state index contributed by atoms with van der Waals surface area (Å²) in [6.45, 7) is 31.2. The Morgan fingerprint density at radius 1 is 0.472 bits per heavy atom. The van der Waals surface area contributed by atoms with E-state index in [1.54, 1.807) is 6.92 Å². The van der Waals surface area contributed by atoms with Gasteiger partial charge in [-0.2, -0.15) is 0 Å². The summed E-state index contributed by atoms with van der Waals surface area (Å²) in [4.78, 5) is 23.3. The smallest absolute Gasteiger partial charge is 0.333 e. The summed E-state index contributed by atoms with van der Waals surface area (Å²) in [6, 6.07) is 42.4. The second-order valence-electron chi connectivity index (χ2n) is 25.4. The van der Waals surface area contributed by atoms with E-state index < -0.39 is 0 Å². The first-order chi connectivity index (χ1) is 43.4. The van der Waals surface area contributed by atoms with E-state index in [1.807, 2.05) is 49.4 Å². The number of carbonyl (C=O) groups excluding carboxylic acids is 2. The van der Waals surface area contributed by atoms with Crippen LogP contribution >= 0.6 is 0 Å². The number of unbranched alkanes of at least 4 members (excludes halogenated alkanes) is 20. The molecular weight excluding hydrogens is 1090 g/mol. The molecule has 4 aromatic carbocycles. The summed E-state index contributed by atoms with van der Waals surface area (Å²) in [7, 11) is 0. The third kappa shape index (κ3) is 46.9. The molecule has 0 spiro atoms. The number of hydrogen-bond acceptors (Lipinski definition) is 6. The summed E-state index contributed by atoms with van der Waals surface area (Å²) in [5.74, 6) is 1.96. The maximum absolute atomic E-state index is 12.6. The van der Waals surface area contributed by atoms with Gasteiger partial charge < -0.3 is 18.9 Å². The van der Waals surface area contributed by atoms with E-state index in [0.29, 0.717) is 31.3 Å². The topological polar surface area (TPSA) is 77.7 Å². The first kappa shape index (κ1) is 82.2. The predicted molar refractivity (Wildman–Crippen MR) is 386 cm³/mol. The second-order valence-corrected chi connectivity index (χ2v) is 25.4. The van der Waals surface area contributed by atoms with E-state index in [1.165, 1.54) is 221 Å². The van der Waals surface area contributed by atoms with Crippen LogP contribution in [-0.2, 0) is 41.4 Å². The first-order valence-corrected chi connectivity index (χ1v) is 36.5. The summed E-state index contributed by atoms with van der Waals surface area (Å²) in [5.41, 5.74) is 5.88. The Labute approximate surface area is 549 Å². The maximum atomic E-state index is 12.6. The van der Waals surface area contributed by atoms with Crippen LogP contribution in [0.3, 0.4) is 0 Å². The molecule has 4 aromatic rings. The van der Waals surface area contributed by atoms with Crippen LogP contribution in [0.25, 0.3) is 6.08 Å². The SMILES string of the molecule is C=C(C)C(=O)OCC1CO1.C=Cc1ccccc1.CCCCCCCC(CC)C(c1ccccc1)C(C)C(=O)OCC1CO1.CCCCCCCC(CC)Cc1ccccc1.CCCCCCCC(CC)Cc1ccccc1.CCCCCCCCCCC. The molecule has 0 radical (unpaired) electrons. The standard InChI is InChI=1S/C23H36O3.2C17H28.C11H24.C8H8.C7H10O3/c1-4-6-7-8-10-13-19(5-2)22(20-14-11-9-12-15-20)18(3)23(24)26-17-21-16-25-21;2*1-3-5-6-7-9-12-16(4-2)15-17-13-10-8-11-14-17;1-3-5-7-9-11-10-8-6-4-2;1-2-8-6-4-3-5-7-8;1-5(2)7(8)10-4-6-3-9-6/h9,11-12,14-15,18-19,21-22H,4-8,10,13,16-17H2,1-3H3;2*8,10-11,13-14,16H,3-7,9,12,15H2,1-2H3;3-11H2,1-2H3;2-7H,1H2;6H,1,3-4H2,2H3. The van der Waals surface area contributed by atoms with Gasteiger partial charge in [-0.05, 0) is 72.1 Å². The normalized spacial score (nSPS) is 15.0. The van der Waals surface area contributed by atoms with E-state index in [4.69, 9.17) is 18.9 Å². The lowest BCUT2D eigenvalue weighted by Gasteiger charge is -2.31. The molecule has 2 saturated heterocycles. The van der Waals surface area contributed by atoms with Gasteiger partial charge in [0, 0.05) is 5.57 Å². The van der Waals surface area contributed by atoms with Crippen molar-refractivity contribution in [3.05, 3.63) is 162 Å². The Kier molecular flexibility index (Phi) is 53.9. The average molecular weight is 1230 g/mol. The third-order valence-corrected chi connectivity index (χ3v) is 17.3. The zero-order valence-electron chi connectivity index (χ0n) is 59.0. The Morgan fingerprint density at radius 3 is 1.13 bits per heavy atom. The number of hydrogen-bond donors (Lipinski definition) is 0. The van der Waals surface area contributed by atoms with Crippen molar-refractivity contribution in [3.8, 4) is 0 Å². The molecule has 0 saturated carbocycles. The second kappa shape index (κ2) is 58.3. The van der Waals surface area contributed by atoms with Crippen molar-refractivity contribution in [2.75, 3.05) is 26.4 Å². The number of benzene rings is 4. The highest BCUT2D eigenvalue weighted by Crippen LogP contribution is 2.38. The fraction of sp³-hybridized carbons (Fsp3) is 0.639. The molecule has 0 aliphatic carbocycles. The van der Waals surface area contributed by atoms with E-state index in [-0.39, 0.29) is 36.0 Å². The zero-order chi connectivity index (χ0) is 65.2. The Bertz CT molecular complexity index is 2120. The van der Waals surface area contributed by atoms with Crippen LogP contribution < -0.4 is 0 Å². The fourth-order valence-electron chi connectivity index (χ4n) is 11.2. The van der Waals surface area contributed by atoms with Crippen LogP contribution in [0.2, 0.25) is 0 Å². The van der Waals surface area contributed by atoms with Crippen molar-refractivity contribution >= 4 is 18.0 Å². The van der Waals surface area contributed by atoms with Crippen molar-refractivity contribution in [2.24, 2.45) is 23.7 Å². The van der Waals surface area contributed by atoms with Crippen LogP contribution in [0.1, 0.15) is 290 Å². The highest BCUT2D eigenvalue weighted by Gasteiger charge is 2.34. The van der Waals surface area contributed by atoms with Gasteiger partial charge in [-0.1, -0.05) is 389 Å². The van der Waals surface area contributed by atoms with Crippen LogP contribution in [-0.4, -0.2) is 50.6 Å². The molecule has 0 amide bonds. The Hall–Kier alpha value is -4.78. The number of rotatable bonds is 43. The molecule has 0 aromatic heterocycles.